The molecule has 0 radical (unpaired) electrons. The molecule has 0 unspecified atom stereocenters. The van der Waals surface area contributed by atoms with Crippen LogP contribution in [0.25, 0.3) is 32.7 Å². The fourth-order valence-corrected chi connectivity index (χ4v) is 3.68. The molecule has 24 heavy (non-hydrogen) atoms. The molecule has 118 valence electrons. The van der Waals surface area contributed by atoms with Crippen molar-refractivity contribution in [2.45, 2.75) is 0 Å². The zero-order valence-electron chi connectivity index (χ0n) is 12.5. The van der Waals surface area contributed by atoms with Gasteiger partial charge in [-0.15, -0.1) is 0 Å². The Bertz CT molecular complexity index is 1100. The summed E-state index contributed by atoms with van der Waals surface area (Å²) in [6, 6.07) is 18.5. The van der Waals surface area contributed by atoms with Gasteiger partial charge in [0.15, 0.2) is 11.5 Å². The van der Waals surface area contributed by atoms with Crippen molar-refractivity contribution in [2.24, 2.45) is 0 Å². The Morgan fingerprint density at radius 1 is 0.583 bits per heavy atom. The molecule has 0 aliphatic heterocycles. The maximum absolute atomic E-state index is 10.6. The highest BCUT2D eigenvalue weighted by atomic mass is 79.9. The Morgan fingerprint density at radius 2 is 1.21 bits per heavy atom. The zero-order chi connectivity index (χ0) is 16.8. The lowest BCUT2D eigenvalue weighted by atomic mass is 9.92. The monoisotopic (exact) mass is 380 g/mol. The highest BCUT2D eigenvalue weighted by Crippen LogP contribution is 2.51. The Labute approximate surface area is 146 Å². The second kappa shape index (κ2) is 5.42. The molecule has 0 aromatic heterocycles. The minimum atomic E-state index is -0.257. The summed E-state index contributed by atoms with van der Waals surface area (Å²) in [5, 5.41) is 34.7. The van der Waals surface area contributed by atoms with E-state index in [-0.39, 0.29) is 17.2 Å². The second-order valence-corrected chi connectivity index (χ2v) is 6.41. The number of phenolic OH excluding ortho intramolecular Hbond substituents is 3. The summed E-state index contributed by atoms with van der Waals surface area (Å²) in [5.74, 6) is -0.445. The van der Waals surface area contributed by atoms with Crippen LogP contribution in [0.2, 0.25) is 0 Å². The molecule has 0 aliphatic carbocycles. The molecule has 0 saturated carbocycles. The number of benzene rings is 4. The van der Waals surface area contributed by atoms with Gasteiger partial charge in [0.1, 0.15) is 5.75 Å². The molecule has 0 fully saturated rings. The van der Waals surface area contributed by atoms with E-state index in [1.807, 2.05) is 54.6 Å². The number of halogens is 1. The van der Waals surface area contributed by atoms with Gasteiger partial charge in [-0.25, -0.2) is 0 Å². The molecule has 0 atom stereocenters. The van der Waals surface area contributed by atoms with Gasteiger partial charge in [0.25, 0.3) is 0 Å². The van der Waals surface area contributed by atoms with Crippen LogP contribution in [-0.4, -0.2) is 15.3 Å². The number of phenols is 3. The minimum Gasteiger partial charge on any atom is -0.507 e. The summed E-state index contributed by atoms with van der Waals surface area (Å²) in [4.78, 5) is 0. The lowest BCUT2D eigenvalue weighted by Crippen LogP contribution is -1.88. The van der Waals surface area contributed by atoms with Crippen molar-refractivity contribution in [3.05, 3.63) is 65.1 Å². The number of aromatic hydroxyl groups is 3. The lowest BCUT2D eigenvalue weighted by Gasteiger charge is -2.16. The molecule has 0 bridgehead atoms. The summed E-state index contributed by atoms with van der Waals surface area (Å²) in [6.07, 6.45) is 0. The molecule has 4 aromatic rings. The molecule has 4 aromatic carbocycles. The average Bonchev–Trinajstić information content (AvgIpc) is 2.62. The first-order valence-corrected chi connectivity index (χ1v) is 8.22. The van der Waals surface area contributed by atoms with E-state index in [9.17, 15) is 15.3 Å². The normalized spacial score (nSPS) is 11.2. The predicted octanol–water partition coefficient (Wildman–Crippen LogP) is 5.54. The summed E-state index contributed by atoms with van der Waals surface area (Å²) >= 11 is 3.33. The van der Waals surface area contributed by atoms with Crippen LogP contribution < -0.4 is 0 Å². The highest BCUT2D eigenvalue weighted by molar-refractivity contribution is 9.10. The van der Waals surface area contributed by atoms with Crippen molar-refractivity contribution in [1.29, 1.82) is 0 Å². The number of hydrogen-bond donors (Lipinski definition) is 3. The average molecular weight is 381 g/mol. The maximum atomic E-state index is 10.6. The van der Waals surface area contributed by atoms with Crippen LogP contribution in [0.3, 0.4) is 0 Å². The standard InChI is InChI=1S/C20H13BrO3/c21-18-14-8-4-3-7-13(14)17(19(23)20(18)24)16-12-6-2-1-5-11(12)9-10-15(16)22/h1-10,22-24H. The predicted molar refractivity (Wildman–Crippen MR) is 99.6 cm³/mol. The van der Waals surface area contributed by atoms with Crippen LogP contribution in [0, 0.1) is 0 Å². The fourth-order valence-electron chi connectivity index (χ4n) is 3.15. The topological polar surface area (TPSA) is 60.7 Å². The van der Waals surface area contributed by atoms with Gasteiger partial charge in [0, 0.05) is 16.5 Å². The summed E-state index contributed by atoms with van der Waals surface area (Å²) in [5.41, 5.74) is 0.921. The van der Waals surface area contributed by atoms with Gasteiger partial charge >= 0.3 is 0 Å². The van der Waals surface area contributed by atoms with Crippen molar-refractivity contribution in [2.75, 3.05) is 0 Å². The van der Waals surface area contributed by atoms with Crippen molar-refractivity contribution in [3.63, 3.8) is 0 Å². The molecule has 4 rings (SSSR count). The van der Waals surface area contributed by atoms with Gasteiger partial charge in [-0.05, 0) is 38.2 Å². The summed E-state index contributed by atoms with van der Waals surface area (Å²) in [6.45, 7) is 0. The first-order valence-electron chi connectivity index (χ1n) is 7.43. The first kappa shape index (κ1) is 14.8. The molecule has 0 saturated heterocycles. The molecule has 4 heteroatoms. The molecule has 0 heterocycles. The van der Waals surface area contributed by atoms with Gasteiger partial charge in [-0.2, -0.15) is 0 Å². The Kier molecular flexibility index (Phi) is 3.36. The SMILES string of the molecule is Oc1ccc2ccccc2c1-c1c(O)c(O)c(Br)c2ccccc12. The molecule has 3 nitrogen and oxygen atoms in total. The van der Waals surface area contributed by atoms with E-state index in [4.69, 9.17) is 0 Å². The number of rotatable bonds is 1. The molecule has 0 aliphatic rings. The van der Waals surface area contributed by atoms with Crippen LogP contribution in [0.5, 0.6) is 17.2 Å². The van der Waals surface area contributed by atoms with Crippen molar-refractivity contribution in [1.82, 2.24) is 0 Å². The quantitative estimate of drug-likeness (QED) is 0.380. The van der Waals surface area contributed by atoms with Gasteiger partial charge < -0.3 is 15.3 Å². The Hall–Kier alpha value is -2.72. The van der Waals surface area contributed by atoms with Gasteiger partial charge in [-0.3, -0.25) is 0 Å². The largest absolute Gasteiger partial charge is 0.507 e. The third kappa shape index (κ3) is 2.03. The van der Waals surface area contributed by atoms with Crippen molar-refractivity contribution in [3.8, 4) is 28.4 Å². The molecule has 0 spiro atoms. The van der Waals surface area contributed by atoms with E-state index in [0.29, 0.717) is 15.6 Å². The third-order valence-electron chi connectivity index (χ3n) is 4.26. The Morgan fingerprint density at radius 3 is 1.96 bits per heavy atom. The van der Waals surface area contributed by atoms with E-state index < -0.39 is 0 Å². The van der Waals surface area contributed by atoms with Crippen LogP contribution in [0.15, 0.2) is 65.1 Å². The molecule has 3 N–H and O–H groups in total. The van der Waals surface area contributed by atoms with Crippen molar-refractivity contribution >= 4 is 37.5 Å². The lowest BCUT2D eigenvalue weighted by molar-refractivity contribution is 0.403. The first-order chi connectivity index (χ1) is 11.6. The van der Waals surface area contributed by atoms with Gasteiger partial charge in [0.05, 0.1) is 4.47 Å². The number of hydrogen-bond acceptors (Lipinski definition) is 3. The molecule has 0 amide bonds. The third-order valence-corrected chi connectivity index (χ3v) is 5.06. The zero-order valence-corrected chi connectivity index (χ0v) is 14.1. The van der Waals surface area contributed by atoms with Crippen LogP contribution in [0.4, 0.5) is 0 Å². The van der Waals surface area contributed by atoms with Gasteiger partial charge in [0.2, 0.25) is 0 Å². The summed E-state index contributed by atoms with van der Waals surface area (Å²) < 4.78 is 0.430. The second-order valence-electron chi connectivity index (χ2n) is 5.61. The maximum Gasteiger partial charge on any atom is 0.173 e. The number of fused-ring (bicyclic) bond motifs is 2. The molecular formula is C20H13BrO3. The smallest absolute Gasteiger partial charge is 0.173 e. The van der Waals surface area contributed by atoms with Crippen LogP contribution in [0.1, 0.15) is 0 Å². The van der Waals surface area contributed by atoms with E-state index >= 15 is 0 Å². The van der Waals surface area contributed by atoms with Gasteiger partial charge in [-0.1, -0.05) is 54.6 Å². The van der Waals surface area contributed by atoms with Crippen LogP contribution >= 0.6 is 15.9 Å². The molecular weight excluding hydrogens is 368 g/mol. The van der Waals surface area contributed by atoms with Crippen molar-refractivity contribution < 1.29 is 15.3 Å². The van der Waals surface area contributed by atoms with E-state index in [2.05, 4.69) is 15.9 Å². The van der Waals surface area contributed by atoms with E-state index in [0.717, 1.165) is 21.5 Å². The van der Waals surface area contributed by atoms with Crippen LogP contribution in [-0.2, 0) is 0 Å². The fraction of sp³-hybridized carbons (Fsp3) is 0. The van der Waals surface area contributed by atoms with E-state index in [1.54, 1.807) is 6.07 Å². The highest BCUT2D eigenvalue weighted by Gasteiger charge is 2.21. The summed E-state index contributed by atoms with van der Waals surface area (Å²) in [7, 11) is 0. The minimum absolute atomic E-state index is 0.0517. The Balaban J connectivity index is 2.26. The van der Waals surface area contributed by atoms with E-state index in [1.165, 1.54) is 0 Å².